The average Bonchev–Trinajstić information content (AvgIpc) is 3.76. The fourth-order valence-electron chi connectivity index (χ4n) is 5.62. The second kappa shape index (κ2) is 19.5. The van der Waals surface area contributed by atoms with E-state index < -0.39 is 11.8 Å². The summed E-state index contributed by atoms with van der Waals surface area (Å²) >= 11 is 6.26. The number of esters is 2. The second-order valence-electron chi connectivity index (χ2n) is 12.3. The molecule has 3 atom stereocenters. The van der Waals surface area contributed by atoms with Gasteiger partial charge in [0.15, 0.2) is 17.9 Å². The molecule has 5 rings (SSSR count). The Balaban J connectivity index is 0.000000244. The topological polar surface area (TPSA) is 124 Å². The normalized spacial score (nSPS) is 15.4. The highest BCUT2D eigenvalue weighted by Crippen LogP contribution is 2.36. The van der Waals surface area contributed by atoms with E-state index in [-0.39, 0.29) is 42.6 Å². The van der Waals surface area contributed by atoms with E-state index in [0.29, 0.717) is 16.4 Å². The molecule has 1 unspecified atom stereocenters. The van der Waals surface area contributed by atoms with Gasteiger partial charge in [0, 0.05) is 28.8 Å². The zero-order chi connectivity index (χ0) is 37.1. The van der Waals surface area contributed by atoms with Crippen LogP contribution < -0.4 is 9.47 Å². The molecule has 0 radical (unpaired) electrons. The van der Waals surface area contributed by atoms with Crippen molar-refractivity contribution >= 4 is 82.3 Å². The van der Waals surface area contributed by atoms with E-state index in [4.69, 9.17) is 23.7 Å². The molecule has 276 valence electrons. The summed E-state index contributed by atoms with van der Waals surface area (Å²) < 4.78 is 34.4. The minimum Gasteiger partial charge on any atom is -0.496 e. The van der Waals surface area contributed by atoms with Gasteiger partial charge in [0.05, 0.1) is 61.1 Å². The monoisotopic (exact) mass is 804 g/mol. The molecule has 0 spiro atoms. The lowest BCUT2D eigenvalue weighted by Gasteiger charge is -2.22. The predicted octanol–water partition coefficient (Wildman–Crippen LogP) is 8.82. The Morgan fingerprint density at radius 2 is 1.33 bits per heavy atom. The summed E-state index contributed by atoms with van der Waals surface area (Å²) in [6, 6.07) is 11.6. The number of rotatable bonds is 15. The van der Waals surface area contributed by atoms with Crippen molar-refractivity contribution in [3.63, 3.8) is 0 Å². The van der Waals surface area contributed by atoms with Gasteiger partial charge in [-0.3, -0.25) is 19.2 Å². The number of methoxy groups -OCH3 is 4. The molecule has 10 nitrogen and oxygen atoms in total. The molecular formula is C38H45BrO10S2. The summed E-state index contributed by atoms with van der Waals surface area (Å²) in [7, 11) is 5.93. The SMILES string of the molecule is COC(=O)[C@@H](C)CC(=O)c1cc2cc(Br)c(OC)cc2s1.COC(=O)[C@@H](C)CC(=O)c1cc2cc(CCCOC3CCCCO3)c(OC)cc2s1. The number of Topliss-reactive ketones (excluding diaryl/α,β-unsaturated/α-hetero) is 2. The lowest BCUT2D eigenvalue weighted by Crippen LogP contribution is -2.22. The van der Waals surface area contributed by atoms with Gasteiger partial charge in [0.25, 0.3) is 0 Å². The van der Waals surface area contributed by atoms with Gasteiger partial charge in [-0.2, -0.15) is 0 Å². The van der Waals surface area contributed by atoms with Crippen molar-refractivity contribution in [3.8, 4) is 11.5 Å². The van der Waals surface area contributed by atoms with Crippen LogP contribution in [0.15, 0.2) is 40.9 Å². The van der Waals surface area contributed by atoms with Gasteiger partial charge in [-0.25, -0.2) is 0 Å². The van der Waals surface area contributed by atoms with Crippen LogP contribution in [0.5, 0.6) is 11.5 Å². The molecule has 1 aliphatic heterocycles. The van der Waals surface area contributed by atoms with Gasteiger partial charge in [0.2, 0.25) is 0 Å². The molecule has 51 heavy (non-hydrogen) atoms. The quantitative estimate of drug-likeness (QED) is 0.0654. The van der Waals surface area contributed by atoms with Crippen LogP contribution in [0, 0.1) is 11.8 Å². The first-order valence-electron chi connectivity index (χ1n) is 16.8. The number of thiophene rings is 2. The Bertz CT molecular complexity index is 1820. The molecule has 0 aliphatic carbocycles. The highest BCUT2D eigenvalue weighted by atomic mass is 79.9. The van der Waals surface area contributed by atoms with Crippen molar-refractivity contribution in [2.24, 2.45) is 11.8 Å². The first-order chi connectivity index (χ1) is 24.5. The standard InChI is InChI=1S/C23H30O6S.C15H15BrO4S/c1-15(23(25)27-3)11-18(24)21-13-17-12-16(19(26-2)14-20(17)30-21)7-6-10-29-22-8-4-5-9-28-22;1-8(15(18)20-3)4-11(17)14-6-9-5-10(16)12(19-2)7-13(9)21-14/h12-15,22H,4-11H2,1-3H3;5-8H,4H2,1-3H3/t15-,22?;8-/m00/s1. The molecule has 3 heterocycles. The van der Waals surface area contributed by atoms with Crippen LogP contribution >= 0.6 is 38.6 Å². The molecule has 0 N–H and O–H groups in total. The highest BCUT2D eigenvalue weighted by Gasteiger charge is 2.22. The van der Waals surface area contributed by atoms with E-state index in [0.717, 1.165) is 80.4 Å². The van der Waals surface area contributed by atoms with Gasteiger partial charge < -0.3 is 28.4 Å². The van der Waals surface area contributed by atoms with Gasteiger partial charge in [-0.05, 0) is 101 Å². The van der Waals surface area contributed by atoms with Crippen molar-refractivity contribution < 1.29 is 47.6 Å². The fourth-order valence-corrected chi connectivity index (χ4v) is 8.19. The third kappa shape index (κ3) is 11.1. The number of carbonyl (C=O) groups is 4. The first-order valence-corrected chi connectivity index (χ1v) is 19.2. The Morgan fingerprint density at radius 1 is 0.784 bits per heavy atom. The molecule has 2 aromatic carbocycles. The van der Waals surface area contributed by atoms with Gasteiger partial charge >= 0.3 is 11.9 Å². The Labute approximate surface area is 314 Å². The molecule has 13 heteroatoms. The summed E-state index contributed by atoms with van der Waals surface area (Å²) in [4.78, 5) is 49.1. The van der Waals surface area contributed by atoms with E-state index in [1.807, 2.05) is 30.3 Å². The minimum atomic E-state index is -0.453. The van der Waals surface area contributed by atoms with E-state index in [2.05, 4.69) is 26.7 Å². The van der Waals surface area contributed by atoms with Gasteiger partial charge in [0.1, 0.15) is 11.5 Å². The molecule has 4 aromatic rings. The van der Waals surface area contributed by atoms with Crippen LogP contribution in [0.3, 0.4) is 0 Å². The zero-order valence-corrected chi connectivity index (χ0v) is 33.1. The number of aryl methyl sites for hydroxylation is 1. The zero-order valence-electron chi connectivity index (χ0n) is 29.8. The van der Waals surface area contributed by atoms with Crippen molar-refractivity contribution in [1.29, 1.82) is 0 Å². The predicted molar refractivity (Wildman–Crippen MR) is 203 cm³/mol. The molecular weight excluding hydrogens is 760 g/mol. The number of carbonyl (C=O) groups excluding carboxylic acids is 4. The van der Waals surface area contributed by atoms with E-state index in [9.17, 15) is 19.2 Å². The third-order valence-corrected chi connectivity index (χ3v) is 11.4. The van der Waals surface area contributed by atoms with Crippen LogP contribution in [0.1, 0.15) is 77.3 Å². The van der Waals surface area contributed by atoms with Gasteiger partial charge in [-0.1, -0.05) is 13.8 Å². The van der Waals surface area contributed by atoms with Crippen molar-refractivity contribution in [2.45, 2.75) is 65.1 Å². The molecule has 0 bridgehead atoms. The molecule has 0 saturated carbocycles. The van der Waals surface area contributed by atoms with E-state index in [1.54, 1.807) is 28.1 Å². The molecule has 1 fully saturated rings. The average molecular weight is 806 g/mol. The molecule has 0 amide bonds. The number of hydrogen-bond donors (Lipinski definition) is 0. The smallest absolute Gasteiger partial charge is 0.308 e. The van der Waals surface area contributed by atoms with E-state index in [1.165, 1.54) is 36.9 Å². The number of ketones is 2. The summed E-state index contributed by atoms with van der Waals surface area (Å²) in [5, 5.41) is 1.99. The maximum atomic E-state index is 12.6. The summed E-state index contributed by atoms with van der Waals surface area (Å²) in [5.74, 6) is -0.172. The maximum Gasteiger partial charge on any atom is 0.308 e. The highest BCUT2D eigenvalue weighted by molar-refractivity contribution is 9.10. The molecule has 2 aromatic heterocycles. The number of benzene rings is 2. The number of fused-ring (bicyclic) bond motifs is 2. The van der Waals surface area contributed by atoms with Crippen LogP contribution in [0.25, 0.3) is 20.2 Å². The van der Waals surface area contributed by atoms with E-state index >= 15 is 0 Å². The van der Waals surface area contributed by atoms with Crippen LogP contribution in [0.4, 0.5) is 0 Å². The molecule has 1 aliphatic rings. The van der Waals surface area contributed by atoms with Crippen LogP contribution in [0.2, 0.25) is 0 Å². The fraction of sp³-hybridized carbons (Fsp3) is 0.474. The summed E-state index contributed by atoms with van der Waals surface area (Å²) in [6.45, 7) is 4.83. The van der Waals surface area contributed by atoms with Crippen molar-refractivity contribution in [3.05, 3.63) is 56.2 Å². The van der Waals surface area contributed by atoms with Crippen molar-refractivity contribution in [1.82, 2.24) is 0 Å². The number of hydrogen-bond acceptors (Lipinski definition) is 12. The third-order valence-electron chi connectivity index (χ3n) is 8.48. The first kappa shape index (κ1) is 40.4. The van der Waals surface area contributed by atoms with Crippen LogP contribution in [-0.4, -0.2) is 71.4 Å². The van der Waals surface area contributed by atoms with Crippen LogP contribution in [-0.2, 0) is 35.0 Å². The lowest BCUT2D eigenvalue weighted by atomic mass is 10.0. The number of ether oxygens (including phenoxy) is 6. The van der Waals surface area contributed by atoms with Gasteiger partial charge in [-0.15, -0.1) is 22.7 Å². The Kier molecular flexibility index (Phi) is 15.4. The number of halogens is 1. The minimum absolute atomic E-state index is 0.0458. The maximum absolute atomic E-state index is 12.6. The largest absolute Gasteiger partial charge is 0.496 e. The Morgan fingerprint density at radius 3 is 1.84 bits per heavy atom. The molecule has 1 saturated heterocycles. The summed E-state index contributed by atoms with van der Waals surface area (Å²) in [5.41, 5.74) is 1.10. The lowest BCUT2D eigenvalue weighted by molar-refractivity contribution is -0.162. The Hall–Kier alpha value is -3.36. The summed E-state index contributed by atoms with van der Waals surface area (Å²) in [6.07, 6.45) is 5.16. The van der Waals surface area contributed by atoms with Crippen molar-refractivity contribution in [2.75, 3.05) is 41.7 Å². The second-order valence-corrected chi connectivity index (χ2v) is 15.3.